The average Bonchev–Trinajstić information content (AvgIpc) is 2.48. The normalized spacial score (nSPS) is 12.3. The van der Waals surface area contributed by atoms with Gasteiger partial charge < -0.3 is 15.5 Å². The molecule has 0 aliphatic heterocycles. The first kappa shape index (κ1) is 14.6. The second kappa shape index (κ2) is 7.08. The number of hydrogen-bond acceptors (Lipinski definition) is 3. The minimum Gasteiger partial charge on any atom is -0.508 e. The Morgan fingerprint density at radius 3 is 2.55 bits per heavy atom. The Kier molecular flexibility index (Phi) is 5.16. The smallest absolute Gasteiger partial charge is 0.115 e. The van der Waals surface area contributed by atoms with Crippen LogP contribution in [0, 0.1) is 6.92 Å². The van der Waals surface area contributed by atoms with Gasteiger partial charge in [0.25, 0.3) is 0 Å². The fourth-order valence-corrected chi connectivity index (χ4v) is 2.20. The average molecular weight is 271 g/mol. The topological polar surface area (TPSA) is 52.5 Å². The molecular formula is C17H21NO2. The van der Waals surface area contributed by atoms with E-state index in [2.05, 4.69) is 17.4 Å². The molecule has 20 heavy (non-hydrogen) atoms. The van der Waals surface area contributed by atoms with Gasteiger partial charge in [-0.15, -0.1) is 0 Å². The van der Waals surface area contributed by atoms with E-state index >= 15 is 0 Å². The van der Waals surface area contributed by atoms with E-state index in [-0.39, 0.29) is 18.4 Å². The molecule has 0 radical (unpaired) electrons. The van der Waals surface area contributed by atoms with Gasteiger partial charge in [-0.1, -0.05) is 36.4 Å². The van der Waals surface area contributed by atoms with Gasteiger partial charge in [0.15, 0.2) is 0 Å². The quantitative estimate of drug-likeness (QED) is 0.756. The Morgan fingerprint density at radius 2 is 1.85 bits per heavy atom. The van der Waals surface area contributed by atoms with E-state index in [1.807, 2.05) is 31.2 Å². The molecule has 0 aliphatic rings. The van der Waals surface area contributed by atoms with Gasteiger partial charge in [0.05, 0.1) is 6.61 Å². The summed E-state index contributed by atoms with van der Waals surface area (Å²) in [6.45, 7) is 2.81. The number of nitrogens with one attached hydrogen (secondary N) is 1. The summed E-state index contributed by atoms with van der Waals surface area (Å²) in [5.41, 5.74) is 3.38. The van der Waals surface area contributed by atoms with Crippen LogP contribution in [0.4, 0.5) is 0 Å². The minimum absolute atomic E-state index is 0.0179. The monoisotopic (exact) mass is 271 g/mol. The van der Waals surface area contributed by atoms with Crippen molar-refractivity contribution in [3.63, 3.8) is 0 Å². The molecule has 3 N–H and O–H groups in total. The fraction of sp³-hybridized carbons (Fsp3) is 0.294. The van der Waals surface area contributed by atoms with Crippen molar-refractivity contribution in [2.24, 2.45) is 0 Å². The van der Waals surface area contributed by atoms with Gasteiger partial charge in [-0.3, -0.25) is 0 Å². The van der Waals surface area contributed by atoms with E-state index in [4.69, 9.17) is 0 Å². The van der Waals surface area contributed by atoms with E-state index < -0.39 is 0 Å². The largest absolute Gasteiger partial charge is 0.508 e. The second-order valence-corrected chi connectivity index (χ2v) is 5.06. The number of hydrogen-bond donors (Lipinski definition) is 3. The van der Waals surface area contributed by atoms with E-state index in [9.17, 15) is 10.2 Å². The van der Waals surface area contributed by atoms with Crippen molar-refractivity contribution in [1.82, 2.24) is 5.32 Å². The highest BCUT2D eigenvalue weighted by molar-refractivity contribution is 5.34. The number of rotatable bonds is 6. The molecule has 0 aliphatic carbocycles. The predicted molar refractivity (Wildman–Crippen MR) is 80.7 cm³/mol. The molecule has 0 fully saturated rings. The predicted octanol–water partition coefficient (Wildman–Crippen LogP) is 2.39. The van der Waals surface area contributed by atoms with Crippen LogP contribution in [0.5, 0.6) is 5.75 Å². The van der Waals surface area contributed by atoms with E-state index in [0.29, 0.717) is 6.42 Å². The molecule has 1 unspecified atom stereocenters. The van der Waals surface area contributed by atoms with Crippen LogP contribution in [-0.2, 0) is 13.0 Å². The van der Waals surface area contributed by atoms with Crippen molar-refractivity contribution in [3.05, 3.63) is 65.2 Å². The lowest BCUT2D eigenvalue weighted by atomic mass is 10.0. The zero-order valence-corrected chi connectivity index (χ0v) is 11.7. The molecule has 2 aromatic rings. The van der Waals surface area contributed by atoms with Crippen molar-refractivity contribution in [1.29, 1.82) is 0 Å². The molecule has 2 rings (SSSR count). The third-order valence-corrected chi connectivity index (χ3v) is 3.46. The Bertz CT molecular complexity index is 540. The van der Waals surface area contributed by atoms with Gasteiger partial charge in [-0.25, -0.2) is 0 Å². The van der Waals surface area contributed by atoms with E-state index in [0.717, 1.165) is 17.7 Å². The maximum absolute atomic E-state index is 9.55. The third-order valence-electron chi connectivity index (χ3n) is 3.46. The van der Waals surface area contributed by atoms with Crippen molar-refractivity contribution in [3.8, 4) is 5.75 Å². The Hall–Kier alpha value is -1.84. The van der Waals surface area contributed by atoms with Gasteiger partial charge in [-0.05, 0) is 42.2 Å². The van der Waals surface area contributed by atoms with Gasteiger partial charge in [0.1, 0.15) is 5.75 Å². The number of aliphatic hydroxyl groups excluding tert-OH is 1. The van der Waals surface area contributed by atoms with Crippen LogP contribution in [0.3, 0.4) is 0 Å². The summed E-state index contributed by atoms with van der Waals surface area (Å²) < 4.78 is 0. The van der Waals surface area contributed by atoms with Gasteiger partial charge in [0.2, 0.25) is 0 Å². The van der Waals surface area contributed by atoms with Crippen molar-refractivity contribution >= 4 is 0 Å². The summed E-state index contributed by atoms with van der Waals surface area (Å²) in [7, 11) is 0. The lowest BCUT2D eigenvalue weighted by Crippen LogP contribution is -2.34. The molecule has 2 aromatic carbocycles. The highest BCUT2D eigenvalue weighted by Crippen LogP contribution is 2.17. The molecular weight excluding hydrogens is 250 g/mol. The third kappa shape index (κ3) is 4.08. The lowest BCUT2D eigenvalue weighted by molar-refractivity contribution is 0.240. The van der Waals surface area contributed by atoms with Crippen LogP contribution in [0.15, 0.2) is 48.5 Å². The van der Waals surface area contributed by atoms with Crippen LogP contribution in [0.25, 0.3) is 0 Å². The number of aryl methyl sites for hydroxylation is 1. The molecule has 1 atom stereocenters. The first-order chi connectivity index (χ1) is 9.69. The zero-order valence-electron chi connectivity index (χ0n) is 11.7. The van der Waals surface area contributed by atoms with Crippen LogP contribution in [0.2, 0.25) is 0 Å². The van der Waals surface area contributed by atoms with Gasteiger partial charge >= 0.3 is 0 Å². The van der Waals surface area contributed by atoms with Crippen LogP contribution < -0.4 is 5.32 Å². The van der Waals surface area contributed by atoms with Crippen LogP contribution in [0.1, 0.15) is 16.7 Å². The molecule has 0 bridgehead atoms. The van der Waals surface area contributed by atoms with Crippen molar-refractivity contribution in [2.45, 2.75) is 25.9 Å². The number of phenols is 1. The highest BCUT2D eigenvalue weighted by atomic mass is 16.3. The zero-order chi connectivity index (χ0) is 14.4. The maximum Gasteiger partial charge on any atom is 0.115 e. The number of aromatic hydroxyl groups is 1. The summed E-state index contributed by atoms with van der Waals surface area (Å²) in [4.78, 5) is 0. The number of aliphatic hydroxyl groups is 1. The van der Waals surface area contributed by atoms with Crippen molar-refractivity contribution in [2.75, 3.05) is 6.61 Å². The number of phenolic OH excluding ortho intramolecular Hbond substituents is 1. The molecule has 0 amide bonds. The maximum atomic E-state index is 9.55. The lowest BCUT2D eigenvalue weighted by Gasteiger charge is -2.18. The van der Waals surface area contributed by atoms with Gasteiger partial charge in [0, 0.05) is 12.6 Å². The summed E-state index contributed by atoms with van der Waals surface area (Å²) >= 11 is 0. The Morgan fingerprint density at radius 1 is 1.10 bits per heavy atom. The number of benzene rings is 2. The molecule has 0 heterocycles. The minimum atomic E-state index is -0.0179. The molecule has 0 spiro atoms. The van der Waals surface area contributed by atoms with E-state index in [1.165, 1.54) is 5.56 Å². The van der Waals surface area contributed by atoms with Gasteiger partial charge in [-0.2, -0.15) is 0 Å². The fourth-order valence-electron chi connectivity index (χ4n) is 2.20. The Balaban J connectivity index is 1.97. The first-order valence-electron chi connectivity index (χ1n) is 6.85. The summed E-state index contributed by atoms with van der Waals surface area (Å²) in [6.07, 6.45) is 0.698. The highest BCUT2D eigenvalue weighted by Gasteiger charge is 2.10. The summed E-state index contributed by atoms with van der Waals surface area (Å²) in [5, 5.41) is 22.4. The molecule has 0 saturated heterocycles. The second-order valence-electron chi connectivity index (χ2n) is 5.06. The standard InChI is InChI=1S/C17H21NO2/c1-13-7-8-17(20)10-15(13)9-16(12-19)18-11-14-5-3-2-4-6-14/h2-8,10,16,18-20H,9,11-12H2,1H3. The van der Waals surface area contributed by atoms with Crippen LogP contribution >= 0.6 is 0 Å². The SMILES string of the molecule is Cc1ccc(O)cc1CC(CO)NCc1ccccc1. The molecule has 0 aromatic heterocycles. The molecule has 3 heteroatoms. The molecule has 0 saturated carbocycles. The first-order valence-corrected chi connectivity index (χ1v) is 6.85. The Labute approximate surface area is 119 Å². The van der Waals surface area contributed by atoms with E-state index in [1.54, 1.807) is 12.1 Å². The van der Waals surface area contributed by atoms with Crippen LogP contribution in [-0.4, -0.2) is 22.9 Å². The van der Waals surface area contributed by atoms with Crippen molar-refractivity contribution < 1.29 is 10.2 Å². The summed E-state index contributed by atoms with van der Waals surface area (Å²) in [6, 6.07) is 15.4. The molecule has 3 nitrogen and oxygen atoms in total. The summed E-state index contributed by atoms with van der Waals surface area (Å²) in [5.74, 6) is 0.269. The molecule has 106 valence electrons.